The molecule has 0 rings (SSSR count). The highest BCUT2D eigenvalue weighted by atomic mass is 16.4. The lowest BCUT2D eigenvalue weighted by Gasteiger charge is -2.08. The van der Waals surface area contributed by atoms with Gasteiger partial charge in [0.1, 0.15) is 0 Å². The second-order valence-corrected chi connectivity index (χ2v) is 3.16. The molecule has 1 atom stereocenters. The van der Waals surface area contributed by atoms with Crippen LogP contribution in [0, 0.1) is 5.92 Å². The Morgan fingerprint density at radius 3 is 2.67 bits per heavy atom. The third kappa shape index (κ3) is 5.77. The minimum absolute atomic E-state index is 0.462. The second kappa shape index (κ2) is 5.63. The molecule has 0 aliphatic heterocycles. The van der Waals surface area contributed by atoms with Crippen molar-refractivity contribution in [3.63, 3.8) is 0 Å². The van der Waals surface area contributed by atoms with E-state index in [1.54, 1.807) is 0 Å². The summed E-state index contributed by atoms with van der Waals surface area (Å²) in [7, 11) is 0. The van der Waals surface area contributed by atoms with Crippen molar-refractivity contribution in [2.45, 2.75) is 33.1 Å². The Kier molecular flexibility index (Phi) is 5.17. The van der Waals surface area contributed by atoms with Crippen LogP contribution in [0.25, 0.3) is 0 Å². The van der Waals surface area contributed by atoms with Crippen LogP contribution in [0.1, 0.15) is 33.1 Å². The Balaban J connectivity index is 3.82. The Hall–Kier alpha value is -0.990. The molecule has 3 heteroatoms. The fourth-order valence-corrected chi connectivity index (χ4v) is 1.21. The highest BCUT2D eigenvalue weighted by Crippen LogP contribution is 2.12. The highest BCUT2D eigenvalue weighted by Gasteiger charge is 2.03. The molecule has 0 aromatic heterocycles. The smallest absolute Gasteiger partial charge is 0.330 e. The molecular formula is C9H17NO2. The number of carboxylic acid groups (broad SMARTS) is 1. The number of nitrogens with two attached hydrogens (primary N) is 1. The number of allylic oxidation sites excluding steroid dienone is 1. The topological polar surface area (TPSA) is 63.3 Å². The van der Waals surface area contributed by atoms with Gasteiger partial charge in [0.15, 0.2) is 0 Å². The summed E-state index contributed by atoms with van der Waals surface area (Å²) in [6.45, 7) is 4.18. The van der Waals surface area contributed by atoms with Crippen LogP contribution >= 0.6 is 0 Å². The van der Waals surface area contributed by atoms with E-state index >= 15 is 0 Å². The predicted molar refractivity (Wildman–Crippen MR) is 48.6 cm³/mol. The van der Waals surface area contributed by atoms with Crippen LogP contribution in [-0.4, -0.2) is 11.1 Å². The number of hydrogen-bond acceptors (Lipinski definition) is 2. The summed E-state index contributed by atoms with van der Waals surface area (Å²) in [5.74, 6) is -0.484. The molecule has 0 heterocycles. The molecule has 0 saturated heterocycles. The standard InChI is InChI=1S/C9H17NO2/c1-3-4-7(2)5-8(10)6-9(11)12/h6-7H,3-5,10H2,1-2H3,(H,11,12)/t7-/m1/s1. The zero-order chi connectivity index (χ0) is 9.56. The maximum absolute atomic E-state index is 10.2. The van der Waals surface area contributed by atoms with Gasteiger partial charge in [0.25, 0.3) is 0 Å². The summed E-state index contributed by atoms with van der Waals surface area (Å²) in [5.41, 5.74) is 5.95. The van der Waals surface area contributed by atoms with Gasteiger partial charge in [-0.05, 0) is 12.3 Å². The van der Waals surface area contributed by atoms with E-state index in [2.05, 4.69) is 13.8 Å². The largest absolute Gasteiger partial charge is 0.478 e. The van der Waals surface area contributed by atoms with Gasteiger partial charge in [0.2, 0.25) is 0 Å². The first-order valence-electron chi connectivity index (χ1n) is 4.25. The van der Waals surface area contributed by atoms with Gasteiger partial charge in [-0.25, -0.2) is 4.79 Å². The summed E-state index contributed by atoms with van der Waals surface area (Å²) >= 11 is 0. The van der Waals surface area contributed by atoms with E-state index in [-0.39, 0.29) is 0 Å². The molecule has 0 aliphatic carbocycles. The van der Waals surface area contributed by atoms with Crippen LogP contribution in [0.2, 0.25) is 0 Å². The van der Waals surface area contributed by atoms with Crippen LogP contribution in [0.5, 0.6) is 0 Å². The molecule has 0 aromatic rings. The van der Waals surface area contributed by atoms with Crippen molar-refractivity contribution in [1.29, 1.82) is 0 Å². The first-order chi connectivity index (χ1) is 5.56. The van der Waals surface area contributed by atoms with Crippen molar-refractivity contribution in [1.82, 2.24) is 0 Å². The van der Waals surface area contributed by atoms with Gasteiger partial charge in [-0.3, -0.25) is 0 Å². The molecule has 0 aromatic carbocycles. The fourth-order valence-electron chi connectivity index (χ4n) is 1.21. The molecular weight excluding hydrogens is 154 g/mol. The number of carboxylic acids is 1. The van der Waals surface area contributed by atoms with Gasteiger partial charge in [0.05, 0.1) is 0 Å². The monoisotopic (exact) mass is 171 g/mol. The highest BCUT2D eigenvalue weighted by molar-refractivity contribution is 5.80. The van der Waals surface area contributed by atoms with E-state index in [1.807, 2.05) is 0 Å². The first-order valence-corrected chi connectivity index (χ1v) is 4.25. The number of aliphatic carboxylic acids is 1. The van der Waals surface area contributed by atoms with Gasteiger partial charge in [-0.1, -0.05) is 26.7 Å². The lowest BCUT2D eigenvalue weighted by molar-refractivity contribution is -0.131. The average molecular weight is 171 g/mol. The van der Waals surface area contributed by atoms with Crippen molar-refractivity contribution in [3.8, 4) is 0 Å². The quantitative estimate of drug-likeness (QED) is 0.619. The average Bonchev–Trinajstić information content (AvgIpc) is 1.84. The van der Waals surface area contributed by atoms with Crippen LogP contribution < -0.4 is 5.73 Å². The van der Waals surface area contributed by atoms with Gasteiger partial charge in [0, 0.05) is 11.8 Å². The minimum atomic E-state index is -0.962. The molecule has 0 saturated carbocycles. The van der Waals surface area contributed by atoms with Crippen LogP contribution in [0.4, 0.5) is 0 Å². The minimum Gasteiger partial charge on any atom is -0.478 e. The summed E-state index contributed by atoms with van der Waals surface area (Å²) in [6.07, 6.45) is 3.96. The molecule has 3 nitrogen and oxygen atoms in total. The molecule has 0 amide bonds. The Morgan fingerprint density at radius 2 is 2.25 bits per heavy atom. The molecule has 0 spiro atoms. The molecule has 0 fully saturated rings. The Bertz CT molecular complexity index is 175. The van der Waals surface area contributed by atoms with Crippen LogP contribution in [0.15, 0.2) is 11.8 Å². The number of rotatable bonds is 5. The summed E-state index contributed by atoms with van der Waals surface area (Å²) < 4.78 is 0. The molecule has 12 heavy (non-hydrogen) atoms. The molecule has 3 N–H and O–H groups in total. The normalized spacial score (nSPS) is 14.3. The third-order valence-corrected chi connectivity index (χ3v) is 1.67. The van der Waals surface area contributed by atoms with Crippen LogP contribution in [0.3, 0.4) is 0 Å². The lowest BCUT2D eigenvalue weighted by atomic mass is 10.0. The van der Waals surface area contributed by atoms with E-state index in [1.165, 1.54) is 0 Å². The first kappa shape index (κ1) is 11.0. The summed E-state index contributed by atoms with van der Waals surface area (Å²) in [6, 6.07) is 0. The van der Waals surface area contributed by atoms with Gasteiger partial charge < -0.3 is 10.8 Å². The van der Waals surface area contributed by atoms with Gasteiger partial charge in [-0.15, -0.1) is 0 Å². The van der Waals surface area contributed by atoms with E-state index in [4.69, 9.17) is 10.8 Å². The molecule has 0 unspecified atom stereocenters. The van der Waals surface area contributed by atoms with Crippen molar-refractivity contribution in [2.75, 3.05) is 0 Å². The molecule has 70 valence electrons. The summed E-state index contributed by atoms with van der Waals surface area (Å²) in [5, 5.41) is 8.37. The Morgan fingerprint density at radius 1 is 1.67 bits per heavy atom. The van der Waals surface area contributed by atoms with Crippen molar-refractivity contribution in [2.24, 2.45) is 11.7 Å². The van der Waals surface area contributed by atoms with E-state index in [0.29, 0.717) is 18.0 Å². The third-order valence-electron chi connectivity index (χ3n) is 1.67. The van der Waals surface area contributed by atoms with E-state index < -0.39 is 5.97 Å². The maximum Gasteiger partial charge on any atom is 0.330 e. The van der Waals surface area contributed by atoms with Gasteiger partial charge in [-0.2, -0.15) is 0 Å². The van der Waals surface area contributed by atoms with Crippen molar-refractivity contribution in [3.05, 3.63) is 11.8 Å². The number of carbonyl (C=O) groups is 1. The van der Waals surface area contributed by atoms with E-state index in [9.17, 15) is 4.79 Å². The zero-order valence-electron chi connectivity index (χ0n) is 7.71. The predicted octanol–water partition coefficient (Wildman–Crippen LogP) is 1.74. The van der Waals surface area contributed by atoms with Crippen molar-refractivity contribution >= 4 is 5.97 Å². The number of hydrogen-bond donors (Lipinski definition) is 2. The molecule has 0 radical (unpaired) electrons. The van der Waals surface area contributed by atoms with Crippen LogP contribution in [-0.2, 0) is 4.79 Å². The van der Waals surface area contributed by atoms with Gasteiger partial charge >= 0.3 is 5.97 Å². The van der Waals surface area contributed by atoms with Crippen molar-refractivity contribution < 1.29 is 9.90 Å². The maximum atomic E-state index is 10.2. The molecule has 0 bridgehead atoms. The summed E-state index contributed by atoms with van der Waals surface area (Å²) in [4.78, 5) is 10.2. The second-order valence-electron chi connectivity index (χ2n) is 3.16. The SMILES string of the molecule is CCC[C@@H](C)CC(N)=CC(=O)O. The van der Waals surface area contributed by atoms with E-state index in [0.717, 1.165) is 18.9 Å². The lowest BCUT2D eigenvalue weighted by Crippen LogP contribution is -2.06. The Labute approximate surface area is 73.3 Å². The molecule has 0 aliphatic rings. The fraction of sp³-hybridized carbons (Fsp3) is 0.667. The zero-order valence-corrected chi connectivity index (χ0v) is 7.71.